The fraction of sp³-hybridized carbons (Fsp3) is 0.100. The zero-order chi connectivity index (χ0) is 18.4. The third kappa shape index (κ3) is 4.80. The van der Waals surface area contributed by atoms with Crippen LogP contribution in [0, 0.1) is 5.82 Å². The van der Waals surface area contributed by atoms with Gasteiger partial charge in [0.05, 0.1) is 5.02 Å². The highest BCUT2D eigenvalue weighted by atomic mass is 35.5. The molecule has 4 nitrogen and oxygen atoms in total. The van der Waals surface area contributed by atoms with Crippen LogP contribution in [0.5, 0.6) is 0 Å². The first-order valence-electron chi connectivity index (χ1n) is 8.12. The van der Waals surface area contributed by atoms with Crippen molar-refractivity contribution in [3.63, 3.8) is 0 Å². The van der Waals surface area contributed by atoms with E-state index in [0.29, 0.717) is 23.6 Å². The number of hydrogen-bond donors (Lipinski definition) is 2. The lowest BCUT2D eigenvalue weighted by molar-refractivity contribution is 0.0954. The predicted octanol–water partition coefficient (Wildman–Crippen LogP) is 4.59. The van der Waals surface area contributed by atoms with Crippen molar-refractivity contribution in [1.29, 1.82) is 0 Å². The minimum atomic E-state index is -0.489. The summed E-state index contributed by atoms with van der Waals surface area (Å²) in [6.45, 7) is 0.543. The first-order chi connectivity index (χ1) is 12.6. The number of halogens is 2. The minimum absolute atomic E-state index is 0.0183. The molecule has 0 unspecified atom stereocenters. The van der Waals surface area contributed by atoms with Gasteiger partial charge in [0, 0.05) is 24.0 Å². The van der Waals surface area contributed by atoms with Crippen LogP contribution in [0.3, 0.4) is 0 Å². The van der Waals surface area contributed by atoms with E-state index in [1.54, 1.807) is 24.4 Å². The van der Waals surface area contributed by atoms with Gasteiger partial charge in [0.25, 0.3) is 5.91 Å². The summed E-state index contributed by atoms with van der Waals surface area (Å²) in [4.78, 5) is 16.5. The summed E-state index contributed by atoms with van der Waals surface area (Å²) in [5.41, 5.74) is 2.24. The summed E-state index contributed by atoms with van der Waals surface area (Å²) in [6, 6.07) is 17.5. The van der Waals surface area contributed by atoms with E-state index in [1.165, 1.54) is 12.1 Å². The van der Waals surface area contributed by atoms with E-state index in [4.69, 9.17) is 11.6 Å². The Labute approximate surface area is 156 Å². The minimum Gasteiger partial charge on any atom is -0.352 e. The van der Waals surface area contributed by atoms with Crippen molar-refractivity contribution < 1.29 is 9.18 Å². The zero-order valence-electron chi connectivity index (χ0n) is 13.9. The number of anilines is 2. The number of pyridine rings is 1. The van der Waals surface area contributed by atoms with Crippen molar-refractivity contribution in [3.05, 3.63) is 88.8 Å². The summed E-state index contributed by atoms with van der Waals surface area (Å²) < 4.78 is 13.2. The van der Waals surface area contributed by atoms with Crippen LogP contribution in [0.25, 0.3) is 0 Å². The molecule has 0 fully saturated rings. The van der Waals surface area contributed by atoms with Crippen LogP contribution in [0.2, 0.25) is 5.02 Å². The van der Waals surface area contributed by atoms with Gasteiger partial charge in [-0.25, -0.2) is 9.37 Å². The number of carbonyl (C=O) groups excluding carboxylic acids is 1. The molecule has 6 heteroatoms. The second-order valence-electron chi connectivity index (χ2n) is 5.68. The summed E-state index contributed by atoms with van der Waals surface area (Å²) in [5.74, 6) is -0.191. The van der Waals surface area contributed by atoms with Crippen LogP contribution in [0.4, 0.5) is 15.9 Å². The van der Waals surface area contributed by atoms with Gasteiger partial charge in [0.1, 0.15) is 11.6 Å². The fourth-order valence-electron chi connectivity index (χ4n) is 2.43. The summed E-state index contributed by atoms with van der Waals surface area (Å²) in [7, 11) is 0. The first kappa shape index (κ1) is 17.9. The van der Waals surface area contributed by atoms with E-state index in [1.807, 2.05) is 30.3 Å². The number of aromatic nitrogens is 1. The molecule has 2 N–H and O–H groups in total. The van der Waals surface area contributed by atoms with Crippen LogP contribution < -0.4 is 10.6 Å². The summed E-state index contributed by atoms with van der Waals surface area (Å²) in [6.07, 6.45) is 2.30. The molecule has 0 saturated heterocycles. The Hall–Kier alpha value is -2.92. The monoisotopic (exact) mass is 369 g/mol. The van der Waals surface area contributed by atoms with Gasteiger partial charge in [-0.05, 0) is 42.3 Å². The lowest BCUT2D eigenvalue weighted by Gasteiger charge is -2.09. The molecule has 0 bridgehead atoms. The van der Waals surface area contributed by atoms with E-state index in [0.717, 1.165) is 12.0 Å². The summed E-state index contributed by atoms with van der Waals surface area (Å²) >= 11 is 5.77. The van der Waals surface area contributed by atoms with Gasteiger partial charge >= 0.3 is 0 Å². The Balaban J connectivity index is 1.60. The molecule has 26 heavy (non-hydrogen) atoms. The van der Waals surface area contributed by atoms with Crippen molar-refractivity contribution in [2.75, 3.05) is 11.9 Å². The number of nitrogens with one attached hydrogen (secondary N) is 2. The first-order valence-corrected chi connectivity index (χ1v) is 8.50. The number of benzene rings is 2. The van der Waals surface area contributed by atoms with Crippen LogP contribution >= 0.6 is 11.6 Å². The van der Waals surface area contributed by atoms with E-state index >= 15 is 0 Å². The van der Waals surface area contributed by atoms with Gasteiger partial charge in [0.15, 0.2) is 0 Å². The Morgan fingerprint density at radius 3 is 2.65 bits per heavy atom. The smallest absolute Gasteiger partial charge is 0.251 e. The number of amides is 1. The molecule has 0 saturated carbocycles. The van der Waals surface area contributed by atoms with Gasteiger partial charge in [-0.3, -0.25) is 4.79 Å². The fourth-order valence-corrected chi connectivity index (χ4v) is 2.61. The maximum Gasteiger partial charge on any atom is 0.251 e. The van der Waals surface area contributed by atoms with Crippen LogP contribution in [0.1, 0.15) is 15.9 Å². The Kier molecular flexibility index (Phi) is 5.81. The van der Waals surface area contributed by atoms with E-state index in [2.05, 4.69) is 15.6 Å². The third-order valence-electron chi connectivity index (χ3n) is 3.76. The molecule has 0 spiro atoms. The average Bonchev–Trinajstić information content (AvgIpc) is 2.66. The molecule has 2 aromatic carbocycles. The van der Waals surface area contributed by atoms with Crippen LogP contribution in [-0.2, 0) is 6.42 Å². The predicted molar refractivity (Wildman–Crippen MR) is 101 cm³/mol. The molecule has 1 amide bonds. The van der Waals surface area contributed by atoms with E-state index in [9.17, 15) is 9.18 Å². The van der Waals surface area contributed by atoms with Crippen LogP contribution in [-0.4, -0.2) is 17.4 Å². The molecule has 0 aliphatic carbocycles. The highest BCUT2D eigenvalue weighted by molar-refractivity contribution is 6.31. The van der Waals surface area contributed by atoms with Crippen molar-refractivity contribution in [2.24, 2.45) is 0 Å². The quantitative estimate of drug-likeness (QED) is 0.668. The molecular formula is C20H17ClFN3O. The standard InChI is InChI=1S/C20H17ClFN3O/c21-17-13-16(6-7-18(17)22)25-19-12-15(9-11-23-19)20(26)24-10-8-14-4-2-1-3-5-14/h1-7,9,11-13H,8,10H2,(H,23,25)(H,24,26). The second kappa shape index (κ2) is 8.45. The lowest BCUT2D eigenvalue weighted by Crippen LogP contribution is -2.25. The normalized spacial score (nSPS) is 10.4. The highest BCUT2D eigenvalue weighted by Crippen LogP contribution is 2.22. The van der Waals surface area contributed by atoms with E-state index in [-0.39, 0.29) is 10.9 Å². The van der Waals surface area contributed by atoms with E-state index < -0.39 is 5.82 Å². The molecule has 132 valence electrons. The number of carbonyl (C=O) groups is 1. The molecule has 1 aromatic heterocycles. The molecule has 0 atom stereocenters. The Bertz CT molecular complexity index is 903. The lowest BCUT2D eigenvalue weighted by atomic mass is 10.1. The number of hydrogen-bond acceptors (Lipinski definition) is 3. The van der Waals surface area contributed by atoms with Gasteiger partial charge in [-0.15, -0.1) is 0 Å². The average molecular weight is 370 g/mol. The molecule has 3 aromatic rings. The molecule has 0 radical (unpaired) electrons. The third-order valence-corrected chi connectivity index (χ3v) is 4.05. The number of nitrogens with zero attached hydrogens (tertiary/aromatic N) is 1. The van der Waals surface area contributed by atoms with Crippen LogP contribution in [0.15, 0.2) is 66.9 Å². The zero-order valence-corrected chi connectivity index (χ0v) is 14.6. The van der Waals surface area contributed by atoms with Crippen molar-refractivity contribution in [1.82, 2.24) is 10.3 Å². The highest BCUT2D eigenvalue weighted by Gasteiger charge is 2.08. The molecule has 3 rings (SSSR count). The number of rotatable bonds is 6. The molecule has 1 heterocycles. The largest absolute Gasteiger partial charge is 0.352 e. The molecule has 0 aliphatic heterocycles. The molecular weight excluding hydrogens is 353 g/mol. The topological polar surface area (TPSA) is 54.0 Å². The van der Waals surface area contributed by atoms with Crippen molar-refractivity contribution >= 4 is 29.0 Å². The van der Waals surface area contributed by atoms with Crippen molar-refractivity contribution in [3.8, 4) is 0 Å². The molecule has 0 aliphatic rings. The SMILES string of the molecule is O=C(NCCc1ccccc1)c1ccnc(Nc2ccc(F)c(Cl)c2)c1. The maximum absolute atomic E-state index is 13.2. The Morgan fingerprint density at radius 2 is 1.88 bits per heavy atom. The van der Waals surface area contributed by atoms with Gasteiger partial charge in [-0.2, -0.15) is 0 Å². The second-order valence-corrected chi connectivity index (χ2v) is 6.08. The van der Waals surface area contributed by atoms with Crippen molar-refractivity contribution in [2.45, 2.75) is 6.42 Å². The van der Waals surface area contributed by atoms with Gasteiger partial charge in [0.2, 0.25) is 0 Å². The van der Waals surface area contributed by atoms with Gasteiger partial charge in [-0.1, -0.05) is 41.9 Å². The summed E-state index contributed by atoms with van der Waals surface area (Å²) in [5, 5.41) is 5.92. The van der Waals surface area contributed by atoms with Gasteiger partial charge < -0.3 is 10.6 Å². The maximum atomic E-state index is 13.2. The Morgan fingerprint density at radius 1 is 1.08 bits per heavy atom.